The molecule has 0 atom stereocenters. The zero-order valence-corrected chi connectivity index (χ0v) is 9.65. The van der Waals surface area contributed by atoms with Crippen molar-refractivity contribution in [2.75, 3.05) is 11.1 Å². The number of amides is 1. The van der Waals surface area contributed by atoms with Crippen molar-refractivity contribution in [1.29, 1.82) is 0 Å². The maximum atomic E-state index is 11.7. The van der Waals surface area contributed by atoms with Crippen molar-refractivity contribution in [2.45, 2.75) is 13.8 Å². The summed E-state index contributed by atoms with van der Waals surface area (Å²) in [5.74, 6) is -0.339. The van der Waals surface area contributed by atoms with Gasteiger partial charge in [0.05, 0.1) is 11.4 Å². The first-order valence-corrected chi connectivity index (χ1v) is 5.16. The van der Waals surface area contributed by atoms with E-state index in [-0.39, 0.29) is 11.6 Å². The number of carbonyl (C=O) groups is 1. The minimum atomic E-state index is -0.339. The smallest absolute Gasteiger partial charge is 0.277 e. The van der Waals surface area contributed by atoms with Gasteiger partial charge in [0, 0.05) is 6.07 Å². The Hall–Kier alpha value is -2.30. The Bertz CT molecular complexity index is 547. The van der Waals surface area contributed by atoms with Crippen LogP contribution in [-0.2, 0) is 0 Å². The van der Waals surface area contributed by atoms with E-state index in [1.807, 2.05) is 26.0 Å². The van der Waals surface area contributed by atoms with Crippen molar-refractivity contribution in [3.63, 3.8) is 0 Å². The molecule has 2 rings (SSSR count). The molecule has 0 saturated heterocycles. The third-order valence-electron chi connectivity index (χ3n) is 2.58. The van der Waals surface area contributed by atoms with Crippen molar-refractivity contribution in [3.05, 3.63) is 41.3 Å². The standard InChI is InChI=1S/C12H13N3O2/c1-7-5-9(13)11(6-8(7)2)14-12(16)10-3-4-17-15-10/h3-6H,13H2,1-2H3,(H,14,16). The quantitative estimate of drug-likeness (QED) is 0.776. The number of nitrogens with one attached hydrogen (secondary N) is 1. The van der Waals surface area contributed by atoms with Crippen LogP contribution in [0.5, 0.6) is 0 Å². The van der Waals surface area contributed by atoms with Crippen molar-refractivity contribution in [2.24, 2.45) is 0 Å². The van der Waals surface area contributed by atoms with Crippen LogP contribution in [-0.4, -0.2) is 11.1 Å². The molecule has 2 aromatic rings. The second-order valence-corrected chi connectivity index (χ2v) is 3.86. The van der Waals surface area contributed by atoms with Gasteiger partial charge in [0.2, 0.25) is 0 Å². The van der Waals surface area contributed by atoms with Crippen LogP contribution in [0.3, 0.4) is 0 Å². The van der Waals surface area contributed by atoms with Crippen LogP contribution < -0.4 is 11.1 Å². The number of nitrogens with two attached hydrogens (primary N) is 1. The Morgan fingerprint density at radius 2 is 2.06 bits per heavy atom. The van der Waals surface area contributed by atoms with Gasteiger partial charge >= 0.3 is 0 Å². The molecule has 0 unspecified atom stereocenters. The lowest BCUT2D eigenvalue weighted by Gasteiger charge is -2.09. The number of aromatic nitrogens is 1. The van der Waals surface area contributed by atoms with Crippen molar-refractivity contribution in [1.82, 2.24) is 5.16 Å². The summed E-state index contributed by atoms with van der Waals surface area (Å²) < 4.78 is 4.60. The first-order chi connectivity index (χ1) is 8.08. The molecule has 88 valence electrons. The number of benzene rings is 1. The number of aryl methyl sites for hydroxylation is 2. The van der Waals surface area contributed by atoms with Crippen LogP contribution in [0.4, 0.5) is 11.4 Å². The van der Waals surface area contributed by atoms with E-state index in [4.69, 9.17) is 5.73 Å². The van der Waals surface area contributed by atoms with Crippen LogP contribution in [0.2, 0.25) is 0 Å². The topological polar surface area (TPSA) is 81.1 Å². The molecule has 0 aliphatic heterocycles. The van der Waals surface area contributed by atoms with Gasteiger partial charge < -0.3 is 15.6 Å². The van der Waals surface area contributed by atoms with E-state index in [0.29, 0.717) is 11.4 Å². The van der Waals surface area contributed by atoms with Gasteiger partial charge in [-0.3, -0.25) is 4.79 Å². The van der Waals surface area contributed by atoms with Gasteiger partial charge in [0.1, 0.15) is 6.26 Å². The van der Waals surface area contributed by atoms with Gasteiger partial charge in [0.25, 0.3) is 5.91 Å². The normalized spacial score (nSPS) is 10.2. The third-order valence-corrected chi connectivity index (χ3v) is 2.58. The van der Waals surface area contributed by atoms with E-state index in [1.54, 1.807) is 0 Å². The molecule has 0 spiro atoms. The van der Waals surface area contributed by atoms with E-state index in [0.717, 1.165) is 11.1 Å². The molecule has 1 aromatic carbocycles. The minimum absolute atomic E-state index is 0.225. The number of hydrogen-bond acceptors (Lipinski definition) is 4. The molecule has 17 heavy (non-hydrogen) atoms. The summed E-state index contributed by atoms with van der Waals surface area (Å²) in [6.07, 6.45) is 1.35. The Balaban J connectivity index is 2.25. The lowest BCUT2D eigenvalue weighted by molar-refractivity contribution is 0.101. The van der Waals surface area contributed by atoms with Crippen molar-refractivity contribution in [3.8, 4) is 0 Å². The summed E-state index contributed by atoms with van der Waals surface area (Å²) >= 11 is 0. The molecule has 0 saturated carbocycles. The second-order valence-electron chi connectivity index (χ2n) is 3.86. The monoisotopic (exact) mass is 231 g/mol. The lowest BCUT2D eigenvalue weighted by atomic mass is 10.1. The molecule has 5 heteroatoms. The van der Waals surface area contributed by atoms with Crippen LogP contribution in [0.15, 0.2) is 29.0 Å². The minimum Gasteiger partial charge on any atom is -0.397 e. The van der Waals surface area contributed by atoms with Gasteiger partial charge in [-0.15, -0.1) is 0 Å². The van der Waals surface area contributed by atoms with Gasteiger partial charge in [-0.1, -0.05) is 5.16 Å². The molecular weight excluding hydrogens is 218 g/mol. The highest BCUT2D eigenvalue weighted by Gasteiger charge is 2.11. The van der Waals surface area contributed by atoms with Crippen molar-refractivity contribution >= 4 is 17.3 Å². The van der Waals surface area contributed by atoms with Gasteiger partial charge in [-0.05, 0) is 37.1 Å². The number of nitrogen functional groups attached to an aromatic ring is 1. The summed E-state index contributed by atoms with van der Waals surface area (Å²) in [6, 6.07) is 5.16. The Kier molecular flexibility index (Phi) is 2.82. The highest BCUT2D eigenvalue weighted by molar-refractivity contribution is 6.04. The largest absolute Gasteiger partial charge is 0.397 e. The fourth-order valence-electron chi connectivity index (χ4n) is 1.46. The van der Waals surface area contributed by atoms with Gasteiger partial charge in [-0.2, -0.15) is 0 Å². The summed E-state index contributed by atoms with van der Waals surface area (Å²) in [4.78, 5) is 11.7. The van der Waals surface area contributed by atoms with Crippen LogP contribution >= 0.6 is 0 Å². The van der Waals surface area contributed by atoms with E-state index in [2.05, 4.69) is 15.0 Å². The van der Waals surface area contributed by atoms with Crippen LogP contribution in [0.1, 0.15) is 21.6 Å². The van der Waals surface area contributed by atoms with Crippen LogP contribution in [0, 0.1) is 13.8 Å². The molecular formula is C12H13N3O2. The first kappa shape index (κ1) is 11.2. The molecule has 0 aliphatic carbocycles. The Morgan fingerprint density at radius 3 is 2.71 bits per heavy atom. The van der Waals surface area contributed by atoms with E-state index in [1.165, 1.54) is 12.3 Å². The molecule has 1 heterocycles. The van der Waals surface area contributed by atoms with Gasteiger partial charge in [0.15, 0.2) is 5.69 Å². The summed E-state index contributed by atoms with van der Waals surface area (Å²) in [5, 5.41) is 6.25. The summed E-state index contributed by atoms with van der Waals surface area (Å²) in [6.45, 7) is 3.93. The number of carbonyl (C=O) groups excluding carboxylic acids is 1. The first-order valence-electron chi connectivity index (χ1n) is 5.16. The zero-order valence-electron chi connectivity index (χ0n) is 9.65. The third kappa shape index (κ3) is 2.28. The number of hydrogen-bond donors (Lipinski definition) is 2. The maximum absolute atomic E-state index is 11.7. The fourth-order valence-corrected chi connectivity index (χ4v) is 1.46. The van der Waals surface area contributed by atoms with Gasteiger partial charge in [-0.25, -0.2) is 0 Å². The molecule has 0 radical (unpaired) electrons. The van der Waals surface area contributed by atoms with E-state index >= 15 is 0 Å². The average molecular weight is 231 g/mol. The van der Waals surface area contributed by atoms with Crippen molar-refractivity contribution < 1.29 is 9.32 Å². The molecule has 0 bridgehead atoms. The van der Waals surface area contributed by atoms with Crippen LogP contribution in [0.25, 0.3) is 0 Å². The number of anilines is 2. The molecule has 5 nitrogen and oxygen atoms in total. The highest BCUT2D eigenvalue weighted by Crippen LogP contribution is 2.23. The average Bonchev–Trinajstić information content (AvgIpc) is 2.79. The second kappa shape index (κ2) is 4.29. The number of nitrogens with zero attached hydrogens (tertiary/aromatic N) is 1. The molecule has 3 N–H and O–H groups in total. The molecule has 0 aliphatic rings. The maximum Gasteiger partial charge on any atom is 0.277 e. The highest BCUT2D eigenvalue weighted by atomic mass is 16.5. The predicted molar refractivity (Wildman–Crippen MR) is 64.8 cm³/mol. The Morgan fingerprint density at radius 1 is 1.35 bits per heavy atom. The number of rotatable bonds is 2. The SMILES string of the molecule is Cc1cc(N)c(NC(=O)c2ccon2)cc1C. The molecule has 1 aromatic heterocycles. The summed E-state index contributed by atoms with van der Waals surface area (Å²) in [7, 11) is 0. The summed E-state index contributed by atoms with van der Waals surface area (Å²) in [5.41, 5.74) is 9.32. The van der Waals surface area contributed by atoms with E-state index < -0.39 is 0 Å². The lowest BCUT2D eigenvalue weighted by Crippen LogP contribution is -2.13. The Labute approximate surface area is 98.6 Å². The van der Waals surface area contributed by atoms with E-state index in [9.17, 15) is 4.79 Å². The molecule has 0 fully saturated rings. The molecule has 1 amide bonds. The predicted octanol–water partition coefficient (Wildman–Crippen LogP) is 2.13. The fraction of sp³-hybridized carbons (Fsp3) is 0.167. The zero-order chi connectivity index (χ0) is 12.4.